The maximum Gasteiger partial charge on any atom is 0.261 e. The summed E-state index contributed by atoms with van der Waals surface area (Å²) in [4.78, 5) is 13.0. The predicted octanol–water partition coefficient (Wildman–Crippen LogP) is 3.08. The Morgan fingerprint density at radius 2 is 2.38 bits per heavy atom. The van der Waals surface area contributed by atoms with Crippen LogP contribution in [0, 0.1) is 18.7 Å². The van der Waals surface area contributed by atoms with Gasteiger partial charge in [0.05, 0.1) is 4.88 Å². The van der Waals surface area contributed by atoms with Crippen LogP contribution < -0.4 is 10.6 Å². The number of carbonyl (C=O) groups excluding carboxylic acids is 1. The molecule has 3 nitrogen and oxygen atoms in total. The molecular weight excluding hydrogens is 287 g/mol. The summed E-state index contributed by atoms with van der Waals surface area (Å²) in [5.74, 6) is 0.207. The van der Waals surface area contributed by atoms with Crippen LogP contribution >= 0.6 is 11.3 Å². The minimum absolute atomic E-state index is 0.0420. The molecule has 2 aromatic rings. The summed E-state index contributed by atoms with van der Waals surface area (Å²) in [5.41, 5.74) is 0.869. The van der Waals surface area contributed by atoms with E-state index in [-0.39, 0.29) is 11.7 Å². The van der Waals surface area contributed by atoms with E-state index < -0.39 is 0 Å². The molecule has 1 atom stereocenters. The molecule has 1 aliphatic rings. The topological polar surface area (TPSA) is 41.1 Å². The third kappa shape index (κ3) is 3.09. The van der Waals surface area contributed by atoms with Crippen molar-refractivity contribution in [1.82, 2.24) is 10.6 Å². The van der Waals surface area contributed by atoms with Crippen molar-refractivity contribution in [3.8, 4) is 0 Å². The number of fused-ring (bicyclic) bond motifs is 1. The van der Waals surface area contributed by atoms with E-state index in [1.807, 2.05) is 6.92 Å². The smallest absolute Gasteiger partial charge is 0.261 e. The molecule has 0 radical (unpaired) electrons. The van der Waals surface area contributed by atoms with Gasteiger partial charge in [0.2, 0.25) is 0 Å². The Morgan fingerprint density at radius 1 is 1.52 bits per heavy atom. The van der Waals surface area contributed by atoms with Gasteiger partial charge in [0.25, 0.3) is 5.91 Å². The predicted molar refractivity (Wildman–Crippen MR) is 84.4 cm³/mol. The third-order valence-electron chi connectivity index (χ3n) is 4.05. The second-order valence-electron chi connectivity index (χ2n) is 5.62. The molecule has 1 amide bonds. The quantitative estimate of drug-likeness (QED) is 0.915. The molecule has 2 N–H and O–H groups in total. The van der Waals surface area contributed by atoms with Gasteiger partial charge in [-0.25, -0.2) is 4.39 Å². The molecule has 1 aromatic carbocycles. The summed E-state index contributed by atoms with van der Waals surface area (Å²) in [6, 6.07) is 4.68. The number of hydrogen-bond acceptors (Lipinski definition) is 3. The number of nitrogens with one attached hydrogen (secondary N) is 2. The fourth-order valence-electron chi connectivity index (χ4n) is 2.83. The summed E-state index contributed by atoms with van der Waals surface area (Å²) in [6.07, 6.45) is 2.33. The van der Waals surface area contributed by atoms with Crippen LogP contribution in [-0.2, 0) is 0 Å². The van der Waals surface area contributed by atoms with Gasteiger partial charge in [0, 0.05) is 11.2 Å². The maximum atomic E-state index is 13.3. The van der Waals surface area contributed by atoms with Gasteiger partial charge in [-0.15, -0.1) is 11.3 Å². The second-order valence-corrected chi connectivity index (χ2v) is 6.67. The average molecular weight is 306 g/mol. The van der Waals surface area contributed by atoms with Gasteiger partial charge in [-0.2, -0.15) is 0 Å². The molecule has 1 aromatic heterocycles. The number of thiophene rings is 1. The van der Waals surface area contributed by atoms with Crippen molar-refractivity contribution < 1.29 is 9.18 Å². The van der Waals surface area contributed by atoms with E-state index in [1.54, 1.807) is 6.07 Å². The average Bonchev–Trinajstić information content (AvgIpc) is 2.83. The van der Waals surface area contributed by atoms with Gasteiger partial charge < -0.3 is 10.6 Å². The second kappa shape index (κ2) is 6.12. The molecule has 0 aliphatic carbocycles. The van der Waals surface area contributed by atoms with E-state index >= 15 is 0 Å². The molecule has 5 heteroatoms. The Balaban J connectivity index is 1.73. The van der Waals surface area contributed by atoms with Gasteiger partial charge >= 0.3 is 0 Å². The third-order valence-corrected chi connectivity index (χ3v) is 5.33. The molecule has 1 aliphatic heterocycles. The van der Waals surface area contributed by atoms with E-state index in [9.17, 15) is 9.18 Å². The number of benzene rings is 1. The first kappa shape index (κ1) is 14.5. The Hall–Kier alpha value is -1.46. The minimum atomic E-state index is -0.261. The highest BCUT2D eigenvalue weighted by Crippen LogP contribution is 2.31. The van der Waals surface area contributed by atoms with Crippen LogP contribution in [0.15, 0.2) is 18.2 Å². The van der Waals surface area contributed by atoms with E-state index in [1.165, 1.54) is 29.9 Å². The minimum Gasteiger partial charge on any atom is -0.351 e. The number of amides is 1. The number of piperidine rings is 1. The van der Waals surface area contributed by atoms with Crippen LogP contribution in [-0.4, -0.2) is 25.5 Å². The zero-order valence-electron chi connectivity index (χ0n) is 12.0. The van der Waals surface area contributed by atoms with Gasteiger partial charge in [-0.3, -0.25) is 4.79 Å². The highest BCUT2D eigenvalue weighted by Gasteiger charge is 2.18. The van der Waals surface area contributed by atoms with Crippen molar-refractivity contribution >= 4 is 27.3 Å². The zero-order valence-corrected chi connectivity index (χ0v) is 12.9. The lowest BCUT2D eigenvalue weighted by Crippen LogP contribution is -2.38. The first-order valence-corrected chi connectivity index (χ1v) is 8.14. The Bertz CT molecular complexity index is 662. The normalized spacial score (nSPS) is 18.9. The molecule has 1 saturated heterocycles. The molecule has 0 saturated carbocycles. The number of carbonyl (C=O) groups is 1. The molecule has 0 spiro atoms. The summed E-state index contributed by atoms with van der Waals surface area (Å²) in [6.45, 7) is 4.63. The summed E-state index contributed by atoms with van der Waals surface area (Å²) in [7, 11) is 0. The maximum absolute atomic E-state index is 13.3. The first-order chi connectivity index (χ1) is 10.1. The molecule has 0 bridgehead atoms. The van der Waals surface area contributed by atoms with Crippen molar-refractivity contribution in [1.29, 1.82) is 0 Å². The van der Waals surface area contributed by atoms with Crippen LogP contribution in [0.2, 0.25) is 0 Å². The van der Waals surface area contributed by atoms with Crippen LogP contribution in [0.4, 0.5) is 4.39 Å². The standard InChI is InChI=1S/C16H19FN2OS/c1-10-13-7-12(17)4-5-14(13)21-15(10)16(20)19-9-11-3-2-6-18-8-11/h4-5,7,11,18H,2-3,6,8-9H2,1H3,(H,19,20). The van der Waals surface area contributed by atoms with Crippen molar-refractivity contribution in [2.24, 2.45) is 5.92 Å². The molecule has 21 heavy (non-hydrogen) atoms. The summed E-state index contributed by atoms with van der Waals surface area (Å²) < 4.78 is 14.3. The SMILES string of the molecule is Cc1c(C(=O)NCC2CCCNC2)sc2ccc(F)cc12. The van der Waals surface area contributed by atoms with Gasteiger partial charge in [-0.1, -0.05) is 0 Å². The van der Waals surface area contributed by atoms with E-state index in [0.29, 0.717) is 17.3 Å². The summed E-state index contributed by atoms with van der Waals surface area (Å²) in [5, 5.41) is 7.21. The van der Waals surface area contributed by atoms with Gasteiger partial charge in [0.1, 0.15) is 5.82 Å². The fraction of sp³-hybridized carbons (Fsp3) is 0.438. The molecular formula is C16H19FN2OS. The number of halogens is 1. The van der Waals surface area contributed by atoms with Crippen molar-refractivity contribution in [3.05, 3.63) is 34.5 Å². The van der Waals surface area contributed by atoms with Crippen molar-refractivity contribution in [2.75, 3.05) is 19.6 Å². The summed E-state index contributed by atoms with van der Waals surface area (Å²) >= 11 is 1.43. The number of aryl methyl sites for hydroxylation is 1. The number of hydrogen-bond donors (Lipinski definition) is 2. The number of rotatable bonds is 3. The molecule has 112 valence electrons. The highest BCUT2D eigenvalue weighted by atomic mass is 32.1. The van der Waals surface area contributed by atoms with Gasteiger partial charge in [0.15, 0.2) is 0 Å². The van der Waals surface area contributed by atoms with Crippen LogP contribution in [0.25, 0.3) is 10.1 Å². The Morgan fingerprint density at radius 3 is 3.14 bits per heavy atom. The Labute approximate surface area is 127 Å². The highest BCUT2D eigenvalue weighted by molar-refractivity contribution is 7.21. The molecule has 1 fully saturated rings. The van der Waals surface area contributed by atoms with Crippen molar-refractivity contribution in [2.45, 2.75) is 19.8 Å². The lowest BCUT2D eigenvalue weighted by molar-refractivity contribution is 0.0948. The van der Waals surface area contributed by atoms with Gasteiger partial charge in [-0.05, 0) is 67.9 Å². The van der Waals surface area contributed by atoms with E-state index in [2.05, 4.69) is 10.6 Å². The van der Waals surface area contributed by atoms with Crippen LogP contribution in [0.5, 0.6) is 0 Å². The van der Waals surface area contributed by atoms with E-state index in [0.717, 1.165) is 35.2 Å². The fourth-order valence-corrected chi connectivity index (χ4v) is 3.93. The Kier molecular flexibility index (Phi) is 4.22. The van der Waals surface area contributed by atoms with Crippen LogP contribution in [0.3, 0.4) is 0 Å². The largest absolute Gasteiger partial charge is 0.351 e. The molecule has 1 unspecified atom stereocenters. The lowest BCUT2D eigenvalue weighted by atomic mass is 10.00. The molecule has 3 rings (SSSR count). The monoisotopic (exact) mass is 306 g/mol. The van der Waals surface area contributed by atoms with E-state index in [4.69, 9.17) is 0 Å². The zero-order chi connectivity index (χ0) is 14.8. The van der Waals surface area contributed by atoms with Crippen molar-refractivity contribution in [3.63, 3.8) is 0 Å². The molecule has 2 heterocycles. The lowest BCUT2D eigenvalue weighted by Gasteiger charge is -2.22. The first-order valence-electron chi connectivity index (χ1n) is 7.32. The van der Waals surface area contributed by atoms with Crippen LogP contribution in [0.1, 0.15) is 28.1 Å².